The molecule has 0 atom stereocenters. The van der Waals surface area contributed by atoms with Gasteiger partial charge in [0.15, 0.2) is 0 Å². The molecule has 0 radical (unpaired) electrons. The van der Waals surface area contributed by atoms with E-state index in [1.54, 1.807) is 26.8 Å². The Morgan fingerprint density at radius 1 is 1.47 bits per heavy atom. The number of aromatic nitrogens is 2. The Morgan fingerprint density at radius 2 is 2.16 bits per heavy atom. The zero-order valence-corrected chi connectivity index (χ0v) is 11.2. The molecule has 7 nitrogen and oxygen atoms in total. The molecule has 1 amide bonds. The quantitative estimate of drug-likeness (QED) is 0.484. The molecule has 0 aliphatic carbocycles. The number of hydrogen-bond acceptors (Lipinski definition) is 5. The van der Waals surface area contributed by atoms with Crippen LogP contribution in [0, 0.1) is 13.8 Å². The van der Waals surface area contributed by atoms with Crippen molar-refractivity contribution in [2.45, 2.75) is 20.8 Å². The van der Waals surface area contributed by atoms with E-state index in [2.05, 4.69) is 17.0 Å². The molecule has 1 rings (SSSR count). The molecule has 1 N–H and O–H groups in total. The molecule has 0 aliphatic heterocycles. The molecule has 0 unspecified atom stereocenters. The Bertz CT molecular complexity index is 493. The van der Waals surface area contributed by atoms with Crippen LogP contribution in [-0.4, -0.2) is 35.2 Å². The molecule has 1 heterocycles. The molecule has 104 valence electrons. The summed E-state index contributed by atoms with van der Waals surface area (Å²) in [5.74, 6) is -0.492. The van der Waals surface area contributed by atoms with Crippen LogP contribution in [0.25, 0.3) is 0 Å². The van der Waals surface area contributed by atoms with Crippen LogP contribution < -0.4 is 10.2 Å². The van der Waals surface area contributed by atoms with Gasteiger partial charge in [0.2, 0.25) is 0 Å². The normalized spacial score (nSPS) is 9.84. The highest BCUT2D eigenvalue weighted by Gasteiger charge is 2.08. The molecule has 0 saturated heterocycles. The SMILES string of the molecule is C=C(C)C(=O)OCCNC(=O)On1nc(C)cc1C. The lowest BCUT2D eigenvalue weighted by molar-refractivity contribution is -0.138. The summed E-state index contributed by atoms with van der Waals surface area (Å²) in [6.45, 7) is 8.75. The van der Waals surface area contributed by atoms with Crippen LogP contribution >= 0.6 is 0 Å². The number of rotatable bonds is 5. The van der Waals surface area contributed by atoms with E-state index in [0.29, 0.717) is 11.3 Å². The van der Waals surface area contributed by atoms with Gasteiger partial charge in [-0.2, -0.15) is 0 Å². The maximum absolute atomic E-state index is 11.4. The lowest BCUT2D eigenvalue weighted by Crippen LogP contribution is -2.35. The monoisotopic (exact) mass is 267 g/mol. The van der Waals surface area contributed by atoms with E-state index in [1.165, 1.54) is 0 Å². The topological polar surface area (TPSA) is 82.5 Å². The third kappa shape index (κ3) is 4.82. The van der Waals surface area contributed by atoms with Crippen LogP contribution in [0.3, 0.4) is 0 Å². The summed E-state index contributed by atoms with van der Waals surface area (Å²) < 4.78 is 4.80. The first-order valence-corrected chi connectivity index (χ1v) is 5.72. The van der Waals surface area contributed by atoms with Crippen molar-refractivity contribution in [1.82, 2.24) is 15.3 Å². The van der Waals surface area contributed by atoms with Gasteiger partial charge in [-0.3, -0.25) is 4.84 Å². The predicted octanol–water partition coefficient (Wildman–Crippen LogP) is 0.757. The molecular formula is C12H17N3O4. The minimum Gasteiger partial charge on any atom is -0.460 e. The van der Waals surface area contributed by atoms with Crippen LogP contribution in [0.5, 0.6) is 0 Å². The average molecular weight is 267 g/mol. The first kappa shape index (κ1) is 14.7. The Kier molecular flexibility index (Phi) is 5.11. The van der Waals surface area contributed by atoms with Crippen LogP contribution in [-0.2, 0) is 9.53 Å². The molecule has 1 aromatic rings. The van der Waals surface area contributed by atoms with Crippen LogP contribution in [0.4, 0.5) is 4.79 Å². The second-order valence-electron chi connectivity index (χ2n) is 4.02. The summed E-state index contributed by atoms with van der Waals surface area (Å²) in [6, 6.07) is 1.78. The first-order valence-electron chi connectivity index (χ1n) is 5.72. The van der Waals surface area contributed by atoms with Crippen molar-refractivity contribution in [3.05, 3.63) is 29.6 Å². The molecular weight excluding hydrogens is 250 g/mol. The lowest BCUT2D eigenvalue weighted by atomic mass is 10.4. The van der Waals surface area contributed by atoms with E-state index in [9.17, 15) is 9.59 Å². The molecule has 1 aromatic heterocycles. The Hall–Kier alpha value is -2.31. The average Bonchev–Trinajstić information content (AvgIpc) is 2.63. The van der Waals surface area contributed by atoms with Crippen LogP contribution in [0.2, 0.25) is 0 Å². The summed E-state index contributed by atoms with van der Waals surface area (Å²) in [7, 11) is 0. The number of aryl methyl sites for hydroxylation is 2. The fourth-order valence-corrected chi connectivity index (χ4v) is 1.23. The summed E-state index contributed by atoms with van der Waals surface area (Å²) in [5.41, 5.74) is 1.77. The van der Waals surface area contributed by atoms with Crippen molar-refractivity contribution < 1.29 is 19.2 Å². The third-order valence-electron chi connectivity index (χ3n) is 2.09. The van der Waals surface area contributed by atoms with E-state index in [-0.39, 0.29) is 13.2 Å². The Morgan fingerprint density at radius 3 is 2.68 bits per heavy atom. The van der Waals surface area contributed by atoms with Gasteiger partial charge in [-0.05, 0) is 26.8 Å². The van der Waals surface area contributed by atoms with Crippen LogP contribution in [0.1, 0.15) is 18.3 Å². The van der Waals surface area contributed by atoms with Crippen molar-refractivity contribution in [3.63, 3.8) is 0 Å². The number of carbonyl (C=O) groups is 2. The van der Waals surface area contributed by atoms with Gasteiger partial charge in [0, 0.05) is 5.57 Å². The number of amides is 1. The Labute approximate surface area is 111 Å². The molecule has 0 aromatic carbocycles. The van der Waals surface area contributed by atoms with Gasteiger partial charge in [-0.1, -0.05) is 11.4 Å². The highest BCUT2D eigenvalue weighted by molar-refractivity contribution is 5.86. The molecule has 0 bridgehead atoms. The summed E-state index contributed by atoms with van der Waals surface area (Å²) in [4.78, 5) is 28.5. The zero-order chi connectivity index (χ0) is 14.4. The number of nitrogens with zero attached hydrogens (tertiary/aromatic N) is 2. The number of hydrogen-bond donors (Lipinski definition) is 1. The highest BCUT2D eigenvalue weighted by Crippen LogP contribution is 1.98. The number of carbonyl (C=O) groups excluding carboxylic acids is 2. The fourth-order valence-electron chi connectivity index (χ4n) is 1.23. The van der Waals surface area contributed by atoms with E-state index < -0.39 is 12.1 Å². The predicted molar refractivity (Wildman–Crippen MR) is 67.5 cm³/mol. The van der Waals surface area contributed by atoms with Gasteiger partial charge in [-0.25, -0.2) is 9.59 Å². The second-order valence-corrected chi connectivity index (χ2v) is 4.02. The summed E-state index contributed by atoms with van der Waals surface area (Å²) in [6.07, 6.45) is -0.669. The van der Waals surface area contributed by atoms with Crippen molar-refractivity contribution in [2.24, 2.45) is 0 Å². The van der Waals surface area contributed by atoms with E-state index in [4.69, 9.17) is 9.57 Å². The van der Waals surface area contributed by atoms with Gasteiger partial charge < -0.3 is 10.1 Å². The zero-order valence-electron chi connectivity index (χ0n) is 11.2. The highest BCUT2D eigenvalue weighted by atomic mass is 16.7. The second kappa shape index (κ2) is 6.58. The molecule has 0 spiro atoms. The van der Waals surface area contributed by atoms with Gasteiger partial charge in [0.05, 0.1) is 17.9 Å². The standard InChI is InChI=1S/C12H17N3O4/c1-8(2)11(16)18-6-5-13-12(17)19-15-10(4)7-9(3)14-15/h7H,1,5-6H2,2-4H3,(H,13,17). The van der Waals surface area contributed by atoms with Gasteiger partial charge in [0.1, 0.15) is 6.61 Å². The number of ether oxygens (including phenoxy) is 1. The Balaban J connectivity index is 2.27. The van der Waals surface area contributed by atoms with Gasteiger partial charge >= 0.3 is 12.1 Å². The van der Waals surface area contributed by atoms with Crippen molar-refractivity contribution in [1.29, 1.82) is 0 Å². The van der Waals surface area contributed by atoms with E-state index >= 15 is 0 Å². The minimum atomic E-state index is -0.669. The maximum atomic E-state index is 11.4. The van der Waals surface area contributed by atoms with E-state index in [1.807, 2.05) is 0 Å². The molecule has 19 heavy (non-hydrogen) atoms. The maximum Gasteiger partial charge on any atom is 0.433 e. The summed E-state index contributed by atoms with van der Waals surface area (Å²) in [5, 5.41) is 6.40. The summed E-state index contributed by atoms with van der Waals surface area (Å²) >= 11 is 0. The molecule has 0 fully saturated rings. The smallest absolute Gasteiger partial charge is 0.433 e. The van der Waals surface area contributed by atoms with Crippen molar-refractivity contribution in [2.75, 3.05) is 13.2 Å². The van der Waals surface area contributed by atoms with Crippen LogP contribution in [0.15, 0.2) is 18.2 Å². The van der Waals surface area contributed by atoms with Gasteiger partial charge in [0.25, 0.3) is 0 Å². The third-order valence-corrected chi connectivity index (χ3v) is 2.09. The number of nitrogens with one attached hydrogen (secondary N) is 1. The van der Waals surface area contributed by atoms with E-state index in [0.717, 1.165) is 10.5 Å². The molecule has 7 heteroatoms. The van der Waals surface area contributed by atoms with Gasteiger partial charge in [-0.15, -0.1) is 5.10 Å². The molecule has 0 aliphatic rings. The lowest BCUT2D eigenvalue weighted by Gasteiger charge is -2.07. The van der Waals surface area contributed by atoms with Crippen molar-refractivity contribution in [3.8, 4) is 0 Å². The number of esters is 1. The first-order chi connectivity index (χ1) is 8.90. The largest absolute Gasteiger partial charge is 0.460 e. The molecule has 0 saturated carbocycles. The van der Waals surface area contributed by atoms with Crippen molar-refractivity contribution >= 4 is 12.1 Å². The fraction of sp³-hybridized carbons (Fsp3) is 0.417. The minimum absolute atomic E-state index is 0.0535.